The first-order valence-corrected chi connectivity index (χ1v) is 9.40. The lowest BCUT2D eigenvalue weighted by Crippen LogP contribution is -2.02. The van der Waals surface area contributed by atoms with E-state index >= 15 is 0 Å². The van der Waals surface area contributed by atoms with Crippen molar-refractivity contribution in [2.75, 3.05) is 12.8 Å². The van der Waals surface area contributed by atoms with E-state index in [9.17, 15) is 0 Å². The van der Waals surface area contributed by atoms with Gasteiger partial charge in [0, 0.05) is 21.5 Å². The van der Waals surface area contributed by atoms with Crippen LogP contribution < -0.4 is 10.5 Å². The summed E-state index contributed by atoms with van der Waals surface area (Å²) >= 11 is 4.93. The summed E-state index contributed by atoms with van der Waals surface area (Å²) in [6, 6.07) is 15.5. The van der Waals surface area contributed by atoms with Crippen LogP contribution in [-0.2, 0) is 0 Å². The molecule has 2 N–H and O–H groups in total. The van der Waals surface area contributed by atoms with E-state index in [0.717, 1.165) is 32.2 Å². The first-order chi connectivity index (χ1) is 12.7. The number of hydrogen-bond acceptors (Lipinski definition) is 6. The topological polar surface area (TPSA) is 78.8 Å². The van der Waals surface area contributed by atoms with Gasteiger partial charge in [-0.05, 0) is 24.3 Å². The normalized spacial score (nSPS) is 10.8. The number of hydrogen-bond donors (Lipinski definition) is 1. The number of ether oxygens (including phenoxy) is 1. The molecule has 0 saturated carbocycles. The molecule has 0 atom stereocenters. The first kappa shape index (κ1) is 16.7. The molecule has 0 saturated heterocycles. The second-order valence-electron chi connectivity index (χ2n) is 5.48. The zero-order valence-corrected chi connectivity index (χ0v) is 16.2. The zero-order chi connectivity index (χ0) is 18.1. The molecule has 0 aliphatic heterocycles. The van der Waals surface area contributed by atoms with Gasteiger partial charge in [-0.25, -0.2) is 4.98 Å². The standard InChI is InChI=1S/C18H14BrN5OS/c1-25-14-4-2-3-13(9-14)24-17(20)16(22-23-24)18-21-15(10-26-18)11-5-7-12(19)8-6-11/h2-10H,20H2,1H3. The SMILES string of the molecule is COc1cccc(-n2nnc(-c3nc(-c4ccc(Br)cc4)cs3)c2N)c1. The zero-order valence-electron chi connectivity index (χ0n) is 13.8. The maximum absolute atomic E-state index is 6.28. The highest BCUT2D eigenvalue weighted by Crippen LogP contribution is 2.32. The molecule has 0 unspecified atom stereocenters. The van der Waals surface area contributed by atoms with Crippen molar-refractivity contribution in [3.05, 3.63) is 58.4 Å². The van der Waals surface area contributed by atoms with Crippen LogP contribution >= 0.6 is 27.3 Å². The second-order valence-corrected chi connectivity index (χ2v) is 7.26. The number of thiazole rings is 1. The van der Waals surface area contributed by atoms with Gasteiger partial charge in [-0.3, -0.25) is 0 Å². The Kier molecular flexibility index (Phi) is 4.44. The van der Waals surface area contributed by atoms with Gasteiger partial charge in [0.1, 0.15) is 10.8 Å². The molecular formula is C18H14BrN5OS. The highest BCUT2D eigenvalue weighted by Gasteiger charge is 2.17. The summed E-state index contributed by atoms with van der Waals surface area (Å²) in [5, 5.41) is 11.1. The number of anilines is 1. The summed E-state index contributed by atoms with van der Waals surface area (Å²) in [7, 11) is 1.62. The van der Waals surface area contributed by atoms with Crippen LogP contribution in [0, 0.1) is 0 Å². The molecule has 0 radical (unpaired) electrons. The van der Waals surface area contributed by atoms with E-state index in [0.29, 0.717) is 11.5 Å². The van der Waals surface area contributed by atoms with Crippen molar-refractivity contribution in [1.29, 1.82) is 0 Å². The summed E-state index contributed by atoms with van der Waals surface area (Å²) in [6.45, 7) is 0. The molecule has 8 heteroatoms. The third kappa shape index (κ3) is 3.09. The lowest BCUT2D eigenvalue weighted by atomic mass is 10.2. The van der Waals surface area contributed by atoms with Crippen LogP contribution in [0.1, 0.15) is 0 Å². The average molecular weight is 428 g/mol. The predicted octanol–water partition coefficient (Wildman–Crippen LogP) is 4.41. The fourth-order valence-corrected chi connectivity index (χ4v) is 3.59. The van der Waals surface area contributed by atoms with E-state index in [-0.39, 0.29) is 0 Å². The van der Waals surface area contributed by atoms with Crippen LogP contribution in [0.4, 0.5) is 5.82 Å². The minimum absolute atomic E-state index is 0.440. The van der Waals surface area contributed by atoms with Crippen LogP contribution in [0.5, 0.6) is 5.75 Å². The molecule has 0 bridgehead atoms. The van der Waals surface area contributed by atoms with E-state index in [2.05, 4.69) is 31.2 Å². The Balaban J connectivity index is 1.69. The Labute approximate surface area is 162 Å². The van der Waals surface area contributed by atoms with Gasteiger partial charge in [0.25, 0.3) is 0 Å². The monoisotopic (exact) mass is 427 g/mol. The minimum atomic E-state index is 0.440. The van der Waals surface area contributed by atoms with Crippen molar-refractivity contribution in [1.82, 2.24) is 20.0 Å². The molecule has 0 amide bonds. The third-order valence-corrected chi connectivity index (χ3v) is 5.23. The lowest BCUT2D eigenvalue weighted by molar-refractivity contribution is 0.414. The van der Waals surface area contributed by atoms with Crippen LogP contribution in [0.15, 0.2) is 58.4 Å². The van der Waals surface area contributed by atoms with Gasteiger partial charge in [0.2, 0.25) is 0 Å². The van der Waals surface area contributed by atoms with Crippen molar-refractivity contribution in [2.24, 2.45) is 0 Å². The largest absolute Gasteiger partial charge is 0.497 e. The molecule has 4 aromatic rings. The summed E-state index contributed by atoms with van der Waals surface area (Å²) in [5.74, 6) is 1.17. The highest BCUT2D eigenvalue weighted by molar-refractivity contribution is 9.10. The van der Waals surface area contributed by atoms with Crippen molar-refractivity contribution in [2.45, 2.75) is 0 Å². The van der Waals surface area contributed by atoms with Gasteiger partial charge in [-0.15, -0.1) is 16.4 Å². The summed E-state index contributed by atoms with van der Waals surface area (Å²) in [6.07, 6.45) is 0. The highest BCUT2D eigenvalue weighted by atomic mass is 79.9. The summed E-state index contributed by atoms with van der Waals surface area (Å²) < 4.78 is 7.86. The fraction of sp³-hybridized carbons (Fsp3) is 0.0556. The molecule has 2 aromatic heterocycles. The maximum atomic E-state index is 6.28. The van der Waals surface area contributed by atoms with Gasteiger partial charge < -0.3 is 10.5 Å². The van der Waals surface area contributed by atoms with Crippen LogP contribution in [0.25, 0.3) is 27.6 Å². The average Bonchev–Trinajstić information content (AvgIpc) is 3.29. The Morgan fingerprint density at radius 2 is 1.96 bits per heavy atom. The molecule has 26 heavy (non-hydrogen) atoms. The molecule has 0 spiro atoms. The number of halogens is 1. The van der Waals surface area contributed by atoms with Crippen molar-refractivity contribution in [3.63, 3.8) is 0 Å². The molecular weight excluding hydrogens is 414 g/mol. The molecule has 2 heterocycles. The molecule has 0 fully saturated rings. The molecule has 0 aliphatic carbocycles. The van der Waals surface area contributed by atoms with Crippen molar-refractivity contribution in [3.8, 4) is 33.4 Å². The van der Waals surface area contributed by atoms with Crippen molar-refractivity contribution >= 4 is 33.1 Å². The first-order valence-electron chi connectivity index (χ1n) is 7.73. The Morgan fingerprint density at radius 3 is 2.73 bits per heavy atom. The van der Waals surface area contributed by atoms with E-state index in [4.69, 9.17) is 10.5 Å². The van der Waals surface area contributed by atoms with Gasteiger partial charge in [0.05, 0.1) is 18.5 Å². The van der Waals surface area contributed by atoms with E-state index in [1.807, 2.05) is 53.9 Å². The molecule has 4 rings (SSSR count). The molecule has 6 nitrogen and oxygen atoms in total. The predicted molar refractivity (Wildman–Crippen MR) is 107 cm³/mol. The Hall–Kier alpha value is -2.71. The second kappa shape index (κ2) is 6.89. The quantitative estimate of drug-likeness (QED) is 0.521. The lowest BCUT2D eigenvalue weighted by Gasteiger charge is -2.05. The molecule has 130 valence electrons. The fourth-order valence-electron chi connectivity index (χ4n) is 2.51. The van der Waals surface area contributed by atoms with Crippen LogP contribution in [0.3, 0.4) is 0 Å². The van der Waals surface area contributed by atoms with E-state index < -0.39 is 0 Å². The smallest absolute Gasteiger partial charge is 0.165 e. The minimum Gasteiger partial charge on any atom is -0.497 e. The number of nitrogen functional groups attached to an aromatic ring is 1. The number of aromatic nitrogens is 4. The van der Waals surface area contributed by atoms with E-state index in [1.54, 1.807) is 11.8 Å². The van der Waals surface area contributed by atoms with Gasteiger partial charge >= 0.3 is 0 Å². The number of rotatable bonds is 4. The number of nitrogens with zero attached hydrogens (tertiary/aromatic N) is 4. The number of nitrogens with two attached hydrogens (primary N) is 1. The van der Waals surface area contributed by atoms with Crippen LogP contribution in [0.2, 0.25) is 0 Å². The third-order valence-electron chi connectivity index (χ3n) is 3.85. The Bertz CT molecular complexity index is 1060. The number of benzene rings is 2. The van der Waals surface area contributed by atoms with Gasteiger partial charge in [-0.2, -0.15) is 4.68 Å². The summed E-state index contributed by atoms with van der Waals surface area (Å²) in [5.41, 5.74) is 9.56. The summed E-state index contributed by atoms with van der Waals surface area (Å²) in [4.78, 5) is 4.66. The van der Waals surface area contributed by atoms with E-state index in [1.165, 1.54) is 11.3 Å². The molecule has 2 aromatic carbocycles. The molecule has 0 aliphatic rings. The van der Waals surface area contributed by atoms with Gasteiger partial charge in [0.15, 0.2) is 11.5 Å². The maximum Gasteiger partial charge on any atom is 0.165 e. The van der Waals surface area contributed by atoms with Crippen LogP contribution in [-0.4, -0.2) is 27.1 Å². The number of methoxy groups -OCH3 is 1. The van der Waals surface area contributed by atoms with Crippen molar-refractivity contribution < 1.29 is 4.74 Å². The van der Waals surface area contributed by atoms with Gasteiger partial charge in [-0.1, -0.05) is 39.3 Å². The Morgan fingerprint density at radius 1 is 1.15 bits per heavy atom.